The van der Waals surface area contributed by atoms with E-state index in [0.29, 0.717) is 13.1 Å². The Morgan fingerprint density at radius 1 is 1.45 bits per heavy atom. The summed E-state index contributed by atoms with van der Waals surface area (Å²) >= 11 is 0. The van der Waals surface area contributed by atoms with Gasteiger partial charge in [0.2, 0.25) is 11.5 Å². The smallest absolute Gasteiger partial charge is 0.309 e. The van der Waals surface area contributed by atoms with E-state index in [9.17, 15) is 14.7 Å². The highest BCUT2D eigenvalue weighted by molar-refractivity contribution is 5.96. The number of piperidine rings is 1. The highest BCUT2D eigenvalue weighted by atomic mass is 16.6. The van der Waals surface area contributed by atoms with Gasteiger partial charge in [-0.2, -0.15) is 0 Å². The first-order valence-electron chi connectivity index (χ1n) is 6.44. The topological polar surface area (TPSA) is 123 Å². The lowest BCUT2D eigenvalue weighted by Crippen LogP contribution is -2.47. The van der Waals surface area contributed by atoms with Crippen molar-refractivity contribution in [2.45, 2.75) is 26.7 Å². The number of nitrogens with two attached hydrogens (primary N) is 1. The van der Waals surface area contributed by atoms with Crippen molar-refractivity contribution in [3.05, 3.63) is 5.69 Å². The SMILES string of the molecule is CC(C)(C(=O)O)C1CCCN(C(=O)c2nonc2N)C1. The normalized spacial score (nSPS) is 19.9. The van der Waals surface area contributed by atoms with E-state index in [1.165, 1.54) is 0 Å². The zero-order valence-corrected chi connectivity index (χ0v) is 11.5. The van der Waals surface area contributed by atoms with Gasteiger partial charge in [0.25, 0.3) is 5.91 Å². The molecule has 1 aliphatic rings. The minimum Gasteiger partial charge on any atom is -0.481 e. The number of nitrogen functional groups attached to an aromatic ring is 1. The van der Waals surface area contributed by atoms with E-state index in [4.69, 9.17) is 5.73 Å². The number of amides is 1. The third-order valence-corrected chi connectivity index (χ3v) is 4.00. The zero-order chi connectivity index (χ0) is 14.9. The number of carboxylic acids is 1. The quantitative estimate of drug-likeness (QED) is 0.832. The molecule has 1 aliphatic heterocycles. The maximum Gasteiger partial charge on any atom is 0.309 e. The highest BCUT2D eigenvalue weighted by Gasteiger charge is 2.40. The summed E-state index contributed by atoms with van der Waals surface area (Å²) in [5, 5.41) is 16.2. The first-order valence-corrected chi connectivity index (χ1v) is 6.44. The number of hydrogen-bond acceptors (Lipinski definition) is 6. The van der Waals surface area contributed by atoms with Crippen molar-refractivity contribution in [3.63, 3.8) is 0 Å². The van der Waals surface area contributed by atoms with Gasteiger partial charge in [0.05, 0.1) is 5.41 Å². The summed E-state index contributed by atoms with van der Waals surface area (Å²) in [5.74, 6) is -1.39. The number of nitrogens with zero attached hydrogens (tertiary/aromatic N) is 3. The van der Waals surface area contributed by atoms with Crippen LogP contribution in [0.1, 0.15) is 37.2 Å². The van der Waals surface area contributed by atoms with Crippen molar-refractivity contribution in [2.24, 2.45) is 11.3 Å². The van der Waals surface area contributed by atoms with E-state index in [1.54, 1.807) is 18.7 Å². The molecule has 8 nitrogen and oxygen atoms in total. The molecule has 0 aromatic carbocycles. The molecule has 1 unspecified atom stereocenters. The van der Waals surface area contributed by atoms with Gasteiger partial charge in [0.1, 0.15) is 0 Å². The number of carboxylic acid groups (broad SMARTS) is 1. The molecule has 20 heavy (non-hydrogen) atoms. The number of rotatable bonds is 3. The molecule has 1 atom stereocenters. The van der Waals surface area contributed by atoms with Gasteiger partial charge in [-0.3, -0.25) is 9.59 Å². The van der Waals surface area contributed by atoms with Crippen molar-refractivity contribution in [2.75, 3.05) is 18.8 Å². The predicted octanol–water partition coefficient (Wildman–Crippen LogP) is 0.615. The average Bonchev–Trinajstić information content (AvgIpc) is 2.84. The second-order valence-corrected chi connectivity index (χ2v) is 5.62. The van der Waals surface area contributed by atoms with E-state index >= 15 is 0 Å². The van der Waals surface area contributed by atoms with Crippen LogP contribution in [0.25, 0.3) is 0 Å². The minimum atomic E-state index is -0.882. The van der Waals surface area contributed by atoms with Gasteiger partial charge in [-0.25, -0.2) is 4.63 Å². The molecular weight excluding hydrogens is 264 g/mol. The Kier molecular flexibility index (Phi) is 3.65. The minimum absolute atomic E-state index is 0.0150. The van der Waals surface area contributed by atoms with Gasteiger partial charge in [0.15, 0.2) is 0 Å². The van der Waals surface area contributed by atoms with Crippen LogP contribution in [0.3, 0.4) is 0 Å². The molecule has 8 heteroatoms. The second-order valence-electron chi connectivity index (χ2n) is 5.62. The maximum atomic E-state index is 12.3. The van der Waals surface area contributed by atoms with Crippen LogP contribution in [0.15, 0.2) is 4.63 Å². The summed E-state index contributed by atoms with van der Waals surface area (Å²) in [6.07, 6.45) is 1.52. The van der Waals surface area contributed by atoms with Gasteiger partial charge in [0, 0.05) is 13.1 Å². The van der Waals surface area contributed by atoms with E-state index in [0.717, 1.165) is 12.8 Å². The fourth-order valence-corrected chi connectivity index (χ4v) is 2.42. The lowest BCUT2D eigenvalue weighted by atomic mass is 9.74. The maximum absolute atomic E-state index is 12.3. The fourth-order valence-electron chi connectivity index (χ4n) is 2.42. The van der Waals surface area contributed by atoms with Gasteiger partial charge in [-0.05, 0) is 42.9 Å². The van der Waals surface area contributed by atoms with Gasteiger partial charge in [-0.15, -0.1) is 0 Å². The number of aliphatic carboxylic acids is 1. The Bertz CT molecular complexity index is 525. The average molecular weight is 282 g/mol. The first-order chi connectivity index (χ1) is 9.34. The molecule has 110 valence electrons. The molecule has 0 saturated carbocycles. The van der Waals surface area contributed by atoms with Crippen molar-refractivity contribution in [1.29, 1.82) is 0 Å². The number of carbonyl (C=O) groups excluding carboxylic acids is 1. The molecule has 1 fully saturated rings. The van der Waals surface area contributed by atoms with Gasteiger partial charge >= 0.3 is 5.97 Å². The lowest BCUT2D eigenvalue weighted by Gasteiger charge is -2.38. The Morgan fingerprint density at radius 2 is 2.15 bits per heavy atom. The molecule has 2 heterocycles. The number of aromatic nitrogens is 2. The van der Waals surface area contributed by atoms with Crippen molar-refractivity contribution in [3.8, 4) is 0 Å². The van der Waals surface area contributed by atoms with E-state index in [1.807, 2.05) is 0 Å². The van der Waals surface area contributed by atoms with E-state index in [-0.39, 0.29) is 23.3 Å². The number of hydrogen-bond donors (Lipinski definition) is 2. The molecule has 1 amide bonds. The van der Waals surface area contributed by atoms with Crippen LogP contribution in [0, 0.1) is 11.3 Å². The molecule has 3 N–H and O–H groups in total. The highest BCUT2D eigenvalue weighted by Crippen LogP contribution is 2.34. The molecule has 1 aromatic heterocycles. The van der Waals surface area contributed by atoms with Crippen LogP contribution in [-0.4, -0.2) is 45.3 Å². The van der Waals surface area contributed by atoms with Crippen LogP contribution in [-0.2, 0) is 4.79 Å². The third kappa shape index (κ3) is 2.45. The van der Waals surface area contributed by atoms with E-state index in [2.05, 4.69) is 14.9 Å². The van der Waals surface area contributed by atoms with Crippen molar-refractivity contribution < 1.29 is 19.3 Å². The van der Waals surface area contributed by atoms with Crippen molar-refractivity contribution >= 4 is 17.7 Å². The van der Waals surface area contributed by atoms with Crippen LogP contribution in [0.4, 0.5) is 5.82 Å². The molecule has 0 radical (unpaired) electrons. The van der Waals surface area contributed by atoms with Gasteiger partial charge < -0.3 is 15.7 Å². The zero-order valence-electron chi connectivity index (χ0n) is 11.5. The molecule has 0 aliphatic carbocycles. The van der Waals surface area contributed by atoms with Crippen LogP contribution >= 0.6 is 0 Å². The first kappa shape index (κ1) is 14.3. The number of likely N-dealkylation sites (tertiary alicyclic amines) is 1. The Labute approximate surface area is 115 Å². The van der Waals surface area contributed by atoms with E-state index < -0.39 is 11.4 Å². The van der Waals surface area contributed by atoms with Crippen molar-refractivity contribution in [1.82, 2.24) is 15.2 Å². The van der Waals surface area contributed by atoms with Gasteiger partial charge in [-0.1, -0.05) is 0 Å². The molecule has 0 spiro atoms. The van der Waals surface area contributed by atoms with Crippen LogP contribution in [0.2, 0.25) is 0 Å². The monoisotopic (exact) mass is 282 g/mol. The third-order valence-electron chi connectivity index (χ3n) is 4.00. The molecule has 2 rings (SSSR count). The Morgan fingerprint density at radius 3 is 2.70 bits per heavy atom. The standard InChI is InChI=1S/C12H18N4O4/c1-12(2,11(18)19)7-4-3-5-16(6-7)10(17)8-9(13)15-20-14-8/h7H,3-6H2,1-2H3,(H2,13,15)(H,18,19). The largest absolute Gasteiger partial charge is 0.481 e. The summed E-state index contributed by atoms with van der Waals surface area (Å²) in [5.41, 5.74) is 4.61. The summed E-state index contributed by atoms with van der Waals surface area (Å²) in [6, 6.07) is 0. The molecular formula is C12H18N4O4. The summed E-state index contributed by atoms with van der Waals surface area (Å²) < 4.78 is 4.42. The summed E-state index contributed by atoms with van der Waals surface area (Å²) in [7, 11) is 0. The predicted molar refractivity (Wildman–Crippen MR) is 68.8 cm³/mol. The fraction of sp³-hybridized carbons (Fsp3) is 0.667. The number of carbonyl (C=O) groups is 2. The lowest BCUT2D eigenvalue weighted by molar-refractivity contribution is -0.151. The summed E-state index contributed by atoms with van der Waals surface area (Å²) in [6.45, 7) is 4.28. The second kappa shape index (κ2) is 5.10. The number of anilines is 1. The molecule has 1 saturated heterocycles. The summed E-state index contributed by atoms with van der Waals surface area (Å²) in [4.78, 5) is 25.1. The molecule has 0 bridgehead atoms. The Hall–Kier alpha value is -2.12. The van der Waals surface area contributed by atoms with Crippen LogP contribution in [0.5, 0.6) is 0 Å². The van der Waals surface area contributed by atoms with Crippen LogP contribution < -0.4 is 5.73 Å². The molecule has 1 aromatic rings. The Balaban J connectivity index is 2.13.